The van der Waals surface area contributed by atoms with Crippen LogP contribution in [0.4, 0.5) is 11.6 Å². The summed E-state index contributed by atoms with van der Waals surface area (Å²) >= 11 is 0. The van der Waals surface area contributed by atoms with E-state index in [0.717, 1.165) is 38.5 Å². The molecule has 116 valence electrons. The summed E-state index contributed by atoms with van der Waals surface area (Å²) in [5, 5.41) is 0. The Morgan fingerprint density at radius 2 is 1.59 bits per heavy atom. The first-order valence-corrected chi connectivity index (χ1v) is 8.05. The van der Waals surface area contributed by atoms with Crippen molar-refractivity contribution in [2.75, 3.05) is 36.0 Å². The molecule has 0 unspecified atom stereocenters. The van der Waals surface area contributed by atoms with E-state index in [4.69, 9.17) is 0 Å². The molecule has 0 spiro atoms. The van der Waals surface area contributed by atoms with Gasteiger partial charge in [-0.1, -0.05) is 19.1 Å². The normalized spacial score (nSPS) is 15.2. The molecule has 0 atom stereocenters. The van der Waals surface area contributed by atoms with E-state index >= 15 is 0 Å². The summed E-state index contributed by atoms with van der Waals surface area (Å²) in [5.74, 6) is 0.859. The largest absolute Gasteiger partial charge is 0.368 e. The zero-order valence-corrected chi connectivity index (χ0v) is 13.7. The summed E-state index contributed by atoms with van der Waals surface area (Å²) in [6, 6.07) is 6.68. The molecule has 0 N–H and O–H groups in total. The van der Waals surface area contributed by atoms with Crippen LogP contribution in [0.25, 0.3) is 0 Å². The van der Waals surface area contributed by atoms with Crippen LogP contribution in [0.1, 0.15) is 23.6 Å². The molecule has 1 aliphatic rings. The minimum absolute atomic E-state index is 0.859. The highest BCUT2D eigenvalue weighted by molar-refractivity contribution is 5.56. The third kappa shape index (κ3) is 3.06. The van der Waals surface area contributed by atoms with E-state index in [9.17, 15) is 0 Å². The van der Waals surface area contributed by atoms with Gasteiger partial charge in [0.25, 0.3) is 0 Å². The fourth-order valence-corrected chi connectivity index (χ4v) is 2.90. The number of hydrogen-bond acceptors (Lipinski definition) is 4. The second kappa shape index (κ2) is 6.34. The minimum Gasteiger partial charge on any atom is -0.368 e. The van der Waals surface area contributed by atoms with E-state index in [1.807, 2.05) is 12.4 Å². The maximum atomic E-state index is 4.50. The first kappa shape index (κ1) is 14.8. The second-order valence-electron chi connectivity index (χ2n) is 6.01. The quantitative estimate of drug-likeness (QED) is 0.871. The van der Waals surface area contributed by atoms with Crippen LogP contribution in [0.2, 0.25) is 0 Å². The van der Waals surface area contributed by atoms with E-state index in [2.05, 4.69) is 58.7 Å². The highest BCUT2D eigenvalue weighted by Gasteiger charge is 2.20. The number of hydrogen-bond donors (Lipinski definition) is 0. The molecule has 2 heterocycles. The average molecular weight is 296 g/mol. The van der Waals surface area contributed by atoms with E-state index in [1.54, 1.807) is 0 Å². The number of benzene rings is 1. The minimum atomic E-state index is 0.859. The average Bonchev–Trinajstić information content (AvgIpc) is 2.57. The van der Waals surface area contributed by atoms with Crippen LogP contribution in [0.5, 0.6) is 0 Å². The van der Waals surface area contributed by atoms with Crippen LogP contribution >= 0.6 is 0 Å². The third-order valence-corrected chi connectivity index (χ3v) is 4.37. The molecule has 2 aromatic rings. The van der Waals surface area contributed by atoms with Gasteiger partial charge < -0.3 is 9.80 Å². The first-order chi connectivity index (χ1) is 10.7. The fraction of sp³-hybridized carbons (Fsp3) is 0.444. The van der Waals surface area contributed by atoms with Crippen LogP contribution in [0.15, 0.2) is 30.6 Å². The molecule has 0 bridgehead atoms. The highest BCUT2D eigenvalue weighted by atomic mass is 15.3. The van der Waals surface area contributed by atoms with Crippen LogP contribution < -0.4 is 9.80 Å². The van der Waals surface area contributed by atoms with Crippen LogP contribution in [-0.4, -0.2) is 36.1 Å². The number of rotatable bonds is 3. The van der Waals surface area contributed by atoms with Crippen molar-refractivity contribution < 1.29 is 0 Å². The van der Waals surface area contributed by atoms with Crippen molar-refractivity contribution >= 4 is 11.6 Å². The van der Waals surface area contributed by atoms with Crippen LogP contribution in [0, 0.1) is 13.8 Å². The molecule has 1 saturated heterocycles. The molecule has 0 radical (unpaired) electrons. The Hall–Kier alpha value is -2.10. The van der Waals surface area contributed by atoms with Crippen molar-refractivity contribution in [3.8, 4) is 0 Å². The van der Waals surface area contributed by atoms with Gasteiger partial charge in [0.15, 0.2) is 0 Å². The molecular weight excluding hydrogens is 272 g/mol. The summed E-state index contributed by atoms with van der Waals surface area (Å²) in [7, 11) is 0. The van der Waals surface area contributed by atoms with Crippen molar-refractivity contribution in [1.29, 1.82) is 0 Å². The lowest BCUT2D eigenvalue weighted by molar-refractivity contribution is 0.638. The molecule has 3 rings (SSSR count). The molecule has 4 heteroatoms. The monoisotopic (exact) mass is 296 g/mol. The Morgan fingerprint density at radius 3 is 2.23 bits per heavy atom. The van der Waals surface area contributed by atoms with Gasteiger partial charge in [0, 0.05) is 44.3 Å². The molecule has 1 aliphatic heterocycles. The van der Waals surface area contributed by atoms with Crippen LogP contribution in [-0.2, 0) is 6.42 Å². The number of anilines is 2. The second-order valence-corrected chi connectivity index (χ2v) is 6.01. The number of nitrogens with zero attached hydrogens (tertiary/aromatic N) is 4. The molecule has 0 aliphatic carbocycles. The summed E-state index contributed by atoms with van der Waals surface area (Å²) in [4.78, 5) is 13.7. The van der Waals surface area contributed by atoms with Gasteiger partial charge in [0.1, 0.15) is 0 Å². The number of aromatic nitrogens is 2. The van der Waals surface area contributed by atoms with E-state index in [0.29, 0.717) is 0 Å². The van der Waals surface area contributed by atoms with Gasteiger partial charge in [0.05, 0.1) is 0 Å². The SMILES string of the molecule is CCc1cnc(N2CCN(c3cc(C)ccc3C)CC2)nc1. The summed E-state index contributed by atoms with van der Waals surface area (Å²) < 4.78 is 0. The van der Waals surface area contributed by atoms with Gasteiger partial charge >= 0.3 is 0 Å². The molecule has 4 nitrogen and oxygen atoms in total. The molecule has 1 aromatic carbocycles. The molecular formula is C18H24N4. The van der Waals surface area contributed by atoms with Gasteiger partial charge in [-0.25, -0.2) is 9.97 Å². The van der Waals surface area contributed by atoms with Crippen molar-refractivity contribution in [2.45, 2.75) is 27.2 Å². The predicted octanol–water partition coefficient (Wildman–Crippen LogP) is 2.98. The van der Waals surface area contributed by atoms with Crippen molar-refractivity contribution in [1.82, 2.24) is 9.97 Å². The highest BCUT2D eigenvalue weighted by Crippen LogP contribution is 2.23. The fourth-order valence-electron chi connectivity index (χ4n) is 2.90. The maximum Gasteiger partial charge on any atom is 0.225 e. The Bertz CT molecular complexity index is 628. The third-order valence-electron chi connectivity index (χ3n) is 4.37. The van der Waals surface area contributed by atoms with Gasteiger partial charge in [-0.3, -0.25) is 0 Å². The Labute approximate surface area is 132 Å². The van der Waals surface area contributed by atoms with Crippen LogP contribution in [0.3, 0.4) is 0 Å². The molecule has 1 aromatic heterocycles. The van der Waals surface area contributed by atoms with Crippen molar-refractivity contribution in [3.63, 3.8) is 0 Å². The van der Waals surface area contributed by atoms with Gasteiger partial charge in [-0.2, -0.15) is 0 Å². The van der Waals surface area contributed by atoms with Gasteiger partial charge in [-0.15, -0.1) is 0 Å². The van der Waals surface area contributed by atoms with E-state index in [-0.39, 0.29) is 0 Å². The van der Waals surface area contributed by atoms with Crippen molar-refractivity contribution in [3.05, 3.63) is 47.3 Å². The lowest BCUT2D eigenvalue weighted by Gasteiger charge is -2.37. The van der Waals surface area contributed by atoms with Gasteiger partial charge in [0.2, 0.25) is 5.95 Å². The summed E-state index contributed by atoms with van der Waals surface area (Å²) in [6.07, 6.45) is 4.87. The Balaban J connectivity index is 1.68. The summed E-state index contributed by atoms with van der Waals surface area (Å²) in [6.45, 7) is 10.4. The standard InChI is InChI=1S/C18H24N4/c1-4-16-12-19-18(20-13-16)22-9-7-21(8-10-22)17-11-14(2)5-6-15(17)3/h5-6,11-13H,4,7-10H2,1-3H3. The van der Waals surface area contributed by atoms with E-state index < -0.39 is 0 Å². The number of piperazine rings is 1. The van der Waals surface area contributed by atoms with Crippen molar-refractivity contribution in [2.24, 2.45) is 0 Å². The Kier molecular flexibility index (Phi) is 4.27. The zero-order valence-electron chi connectivity index (χ0n) is 13.7. The smallest absolute Gasteiger partial charge is 0.225 e. The molecule has 0 saturated carbocycles. The molecule has 1 fully saturated rings. The predicted molar refractivity (Wildman–Crippen MR) is 91.8 cm³/mol. The summed E-state index contributed by atoms with van der Waals surface area (Å²) in [5.41, 5.74) is 5.23. The zero-order chi connectivity index (χ0) is 15.5. The lowest BCUT2D eigenvalue weighted by atomic mass is 10.1. The topological polar surface area (TPSA) is 32.3 Å². The van der Waals surface area contributed by atoms with Gasteiger partial charge in [-0.05, 0) is 43.0 Å². The maximum absolute atomic E-state index is 4.50. The lowest BCUT2D eigenvalue weighted by Crippen LogP contribution is -2.47. The first-order valence-electron chi connectivity index (χ1n) is 8.05. The van der Waals surface area contributed by atoms with E-state index in [1.165, 1.54) is 22.4 Å². The molecule has 22 heavy (non-hydrogen) atoms. The Morgan fingerprint density at radius 1 is 0.955 bits per heavy atom. The molecule has 0 amide bonds. The number of aryl methyl sites for hydroxylation is 3.